The van der Waals surface area contributed by atoms with Gasteiger partial charge in [-0.1, -0.05) is 22.0 Å². The summed E-state index contributed by atoms with van der Waals surface area (Å²) in [5.74, 6) is 1.47. The van der Waals surface area contributed by atoms with Crippen molar-refractivity contribution in [3.63, 3.8) is 0 Å². The van der Waals surface area contributed by atoms with Crippen LogP contribution in [0, 0.1) is 0 Å². The summed E-state index contributed by atoms with van der Waals surface area (Å²) >= 11 is 8.70. The van der Waals surface area contributed by atoms with Gasteiger partial charge in [-0.05, 0) is 42.5 Å². The predicted octanol–water partition coefficient (Wildman–Crippen LogP) is 3.99. The van der Waals surface area contributed by atoms with Crippen LogP contribution in [0.2, 0.25) is 0 Å². The maximum Gasteiger partial charge on any atom is 0.231 e. The molecule has 0 bridgehead atoms. The van der Waals surface area contributed by atoms with Gasteiger partial charge in [0.15, 0.2) is 16.6 Å². The molecular weight excluding hydrogens is 340 g/mol. The summed E-state index contributed by atoms with van der Waals surface area (Å²) in [6.45, 7) is 0.263. The molecule has 0 unspecified atom stereocenters. The van der Waals surface area contributed by atoms with E-state index in [0.717, 1.165) is 27.3 Å². The Bertz CT molecular complexity index is 663. The molecule has 0 atom stereocenters. The Morgan fingerprint density at radius 3 is 2.55 bits per heavy atom. The van der Waals surface area contributed by atoms with Gasteiger partial charge in [0.25, 0.3) is 0 Å². The van der Waals surface area contributed by atoms with Gasteiger partial charge in [0.05, 0.1) is 0 Å². The van der Waals surface area contributed by atoms with Crippen LogP contribution in [-0.4, -0.2) is 11.9 Å². The van der Waals surface area contributed by atoms with Crippen LogP contribution in [0.5, 0.6) is 11.5 Å². The van der Waals surface area contributed by atoms with Crippen molar-refractivity contribution in [3.8, 4) is 11.5 Å². The second-order valence-electron chi connectivity index (χ2n) is 4.16. The molecule has 0 aliphatic carbocycles. The van der Waals surface area contributed by atoms with Gasteiger partial charge < -0.3 is 20.1 Å². The zero-order valence-electron chi connectivity index (χ0n) is 10.4. The molecule has 0 radical (unpaired) electrons. The van der Waals surface area contributed by atoms with E-state index in [1.54, 1.807) is 0 Å². The zero-order chi connectivity index (χ0) is 13.9. The van der Waals surface area contributed by atoms with Crippen molar-refractivity contribution in [2.45, 2.75) is 0 Å². The van der Waals surface area contributed by atoms with E-state index in [-0.39, 0.29) is 6.79 Å². The number of fused-ring (bicyclic) bond motifs is 1. The van der Waals surface area contributed by atoms with Gasteiger partial charge in [-0.15, -0.1) is 0 Å². The summed E-state index contributed by atoms with van der Waals surface area (Å²) in [7, 11) is 0. The lowest BCUT2D eigenvalue weighted by Gasteiger charge is -2.11. The Morgan fingerprint density at radius 2 is 1.75 bits per heavy atom. The largest absolute Gasteiger partial charge is 0.454 e. The van der Waals surface area contributed by atoms with E-state index >= 15 is 0 Å². The SMILES string of the molecule is S=C(Nc1cccc(Br)c1)Nc1ccc2c(c1)OCO2. The number of hydrogen-bond acceptors (Lipinski definition) is 3. The van der Waals surface area contributed by atoms with E-state index in [1.165, 1.54) is 0 Å². The maximum absolute atomic E-state index is 5.32. The van der Waals surface area contributed by atoms with Crippen molar-refractivity contribution in [1.29, 1.82) is 0 Å². The first-order chi connectivity index (χ1) is 9.70. The van der Waals surface area contributed by atoms with Crippen molar-refractivity contribution in [3.05, 3.63) is 46.9 Å². The molecular formula is C14H11BrN2O2S. The number of halogens is 1. The average Bonchev–Trinajstić information content (AvgIpc) is 2.86. The Labute approximate surface area is 130 Å². The summed E-state index contributed by atoms with van der Waals surface area (Å²) in [6.07, 6.45) is 0. The summed E-state index contributed by atoms with van der Waals surface area (Å²) in [5, 5.41) is 6.74. The van der Waals surface area contributed by atoms with Gasteiger partial charge in [-0.25, -0.2) is 0 Å². The van der Waals surface area contributed by atoms with Crippen molar-refractivity contribution in [2.24, 2.45) is 0 Å². The molecule has 20 heavy (non-hydrogen) atoms. The molecule has 1 heterocycles. The quantitative estimate of drug-likeness (QED) is 0.801. The van der Waals surface area contributed by atoms with E-state index in [2.05, 4.69) is 26.6 Å². The van der Waals surface area contributed by atoms with Gasteiger partial charge in [-0.2, -0.15) is 0 Å². The van der Waals surface area contributed by atoms with Crippen LogP contribution in [0.3, 0.4) is 0 Å². The second-order valence-corrected chi connectivity index (χ2v) is 5.48. The smallest absolute Gasteiger partial charge is 0.231 e. The maximum atomic E-state index is 5.32. The Hall–Kier alpha value is -1.79. The fourth-order valence-corrected chi connectivity index (χ4v) is 2.47. The van der Waals surface area contributed by atoms with Crippen LogP contribution in [0.15, 0.2) is 46.9 Å². The molecule has 102 valence electrons. The number of hydrogen-bond donors (Lipinski definition) is 2. The van der Waals surface area contributed by atoms with Gasteiger partial charge in [0, 0.05) is 21.9 Å². The number of thiocarbonyl (C=S) groups is 1. The molecule has 6 heteroatoms. The highest BCUT2D eigenvalue weighted by atomic mass is 79.9. The fraction of sp³-hybridized carbons (Fsp3) is 0.0714. The first kappa shape index (κ1) is 13.2. The molecule has 0 fully saturated rings. The van der Waals surface area contributed by atoms with Crippen LogP contribution in [0.4, 0.5) is 11.4 Å². The molecule has 2 aromatic rings. The fourth-order valence-electron chi connectivity index (χ4n) is 1.83. The van der Waals surface area contributed by atoms with Crippen LogP contribution >= 0.6 is 28.1 Å². The zero-order valence-corrected chi connectivity index (χ0v) is 12.8. The summed E-state index contributed by atoms with van der Waals surface area (Å²) < 4.78 is 11.6. The van der Waals surface area contributed by atoms with Crippen LogP contribution in [-0.2, 0) is 0 Å². The molecule has 0 saturated heterocycles. The second kappa shape index (κ2) is 5.68. The normalized spacial score (nSPS) is 12.1. The first-order valence-corrected chi connectivity index (χ1v) is 7.14. The van der Waals surface area contributed by atoms with Gasteiger partial charge in [0.2, 0.25) is 6.79 Å². The van der Waals surface area contributed by atoms with Crippen molar-refractivity contribution in [2.75, 3.05) is 17.4 Å². The molecule has 1 aliphatic heterocycles. The molecule has 4 nitrogen and oxygen atoms in total. The lowest BCUT2D eigenvalue weighted by Crippen LogP contribution is -2.18. The average molecular weight is 351 g/mol. The Morgan fingerprint density at radius 1 is 1.00 bits per heavy atom. The minimum absolute atomic E-state index is 0.263. The lowest BCUT2D eigenvalue weighted by atomic mass is 10.3. The van der Waals surface area contributed by atoms with Crippen LogP contribution < -0.4 is 20.1 Å². The number of anilines is 2. The number of rotatable bonds is 2. The van der Waals surface area contributed by atoms with Crippen molar-refractivity contribution >= 4 is 44.6 Å². The molecule has 1 aliphatic rings. The number of benzene rings is 2. The third-order valence-electron chi connectivity index (χ3n) is 2.71. The number of ether oxygens (including phenoxy) is 2. The minimum Gasteiger partial charge on any atom is -0.454 e. The van der Waals surface area contributed by atoms with E-state index in [0.29, 0.717) is 5.11 Å². The highest BCUT2D eigenvalue weighted by Gasteiger charge is 2.13. The van der Waals surface area contributed by atoms with E-state index < -0.39 is 0 Å². The van der Waals surface area contributed by atoms with Gasteiger partial charge in [-0.3, -0.25) is 0 Å². The molecule has 0 saturated carbocycles. The summed E-state index contributed by atoms with van der Waals surface area (Å²) in [5.41, 5.74) is 1.76. The van der Waals surface area contributed by atoms with Gasteiger partial charge >= 0.3 is 0 Å². The monoisotopic (exact) mass is 350 g/mol. The van der Waals surface area contributed by atoms with Crippen LogP contribution in [0.1, 0.15) is 0 Å². The third-order valence-corrected chi connectivity index (χ3v) is 3.41. The Balaban J connectivity index is 1.67. The Kier molecular flexibility index (Phi) is 3.75. The van der Waals surface area contributed by atoms with Crippen molar-refractivity contribution in [1.82, 2.24) is 0 Å². The first-order valence-electron chi connectivity index (χ1n) is 5.94. The predicted molar refractivity (Wildman–Crippen MR) is 86.6 cm³/mol. The highest BCUT2D eigenvalue weighted by molar-refractivity contribution is 9.10. The van der Waals surface area contributed by atoms with Crippen LogP contribution in [0.25, 0.3) is 0 Å². The van der Waals surface area contributed by atoms with Gasteiger partial charge in [0.1, 0.15) is 0 Å². The standard InChI is InChI=1S/C14H11BrN2O2S/c15-9-2-1-3-10(6-9)16-14(20)17-11-4-5-12-13(7-11)19-8-18-12/h1-7H,8H2,(H2,16,17,20). The van der Waals surface area contributed by atoms with Crippen molar-refractivity contribution < 1.29 is 9.47 Å². The molecule has 0 aromatic heterocycles. The topological polar surface area (TPSA) is 42.5 Å². The third kappa shape index (κ3) is 3.02. The molecule has 2 aromatic carbocycles. The number of nitrogens with one attached hydrogen (secondary N) is 2. The molecule has 0 amide bonds. The lowest BCUT2D eigenvalue weighted by molar-refractivity contribution is 0.174. The minimum atomic E-state index is 0.263. The summed E-state index contributed by atoms with van der Waals surface area (Å²) in [6, 6.07) is 13.4. The molecule has 0 spiro atoms. The van der Waals surface area contributed by atoms with E-state index in [9.17, 15) is 0 Å². The highest BCUT2D eigenvalue weighted by Crippen LogP contribution is 2.34. The molecule has 3 rings (SSSR count). The van der Waals surface area contributed by atoms with E-state index in [1.807, 2.05) is 42.5 Å². The molecule has 2 N–H and O–H groups in total. The summed E-state index contributed by atoms with van der Waals surface area (Å²) in [4.78, 5) is 0. The van der Waals surface area contributed by atoms with E-state index in [4.69, 9.17) is 21.7 Å².